The summed E-state index contributed by atoms with van der Waals surface area (Å²) in [4.78, 5) is 1.22. The zero-order valence-corrected chi connectivity index (χ0v) is 12.9. The van der Waals surface area contributed by atoms with E-state index in [2.05, 4.69) is 12.2 Å². The molecule has 1 heterocycles. The molecule has 0 aliphatic rings. The first-order valence-corrected chi connectivity index (χ1v) is 7.62. The molecule has 0 saturated carbocycles. The van der Waals surface area contributed by atoms with E-state index >= 15 is 0 Å². The Morgan fingerprint density at radius 2 is 2.15 bits per heavy atom. The van der Waals surface area contributed by atoms with Crippen LogP contribution in [0.3, 0.4) is 0 Å². The summed E-state index contributed by atoms with van der Waals surface area (Å²) >= 11 is 1.67. The minimum Gasteiger partial charge on any atom is -0.496 e. The fourth-order valence-electron chi connectivity index (χ4n) is 2.22. The highest BCUT2D eigenvalue weighted by Crippen LogP contribution is 2.29. The number of likely N-dealkylation sites (N-methyl/N-ethyl adjacent to an activating group) is 1. The second-order valence-corrected chi connectivity index (χ2v) is 5.72. The van der Waals surface area contributed by atoms with Crippen LogP contribution in [0.4, 0.5) is 4.39 Å². The van der Waals surface area contributed by atoms with Gasteiger partial charge < -0.3 is 10.1 Å². The molecule has 0 aliphatic heterocycles. The molecule has 20 heavy (non-hydrogen) atoms. The molecule has 108 valence electrons. The molecule has 0 fully saturated rings. The molecule has 0 radical (unpaired) electrons. The average Bonchev–Trinajstić information content (AvgIpc) is 2.91. The topological polar surface area (TPSA) is 21.3 Å². The van der Waals surface area contributed by atoms with Crippen molar-refractivity contribution in [2.24, 2.45) is 0 Å². The van der Waals surface area contributed by atoms with Gasteiger partial charge in [0.2, 0.25) is 0 Å². The van der Waals surface area contributed by atoms with Gasteiger partial charge in [-0.3, -0.25) is 0 Å². The number of hydrogen-bond acceptors (Lipinski definition) is 3. The minimum absolute atomic E-state index is 0.176. The maximum atomic E-state index is 13.4. The third-order valence-electron chi connectivity index (χ3n) is 3.36. The molecule has 0 spiro atoms. The lowest BCUT2D eigenvalue weighted by Crippen LogP contribution is -2.22. The molecule has 0 bridgehead atoms. The van der Waals surface area contributed by atoms with Gasteiger partial charge in [0.05, 0.1) is 7.11 Å². The van der Waals surface area contributed by atoms with E-state index in [1.807, 2.05) is 24.4 Å². The summed E-state index contributed by atoms with van der Waals surface area (Å²) in [5.74, 6) is 0.702. The molecular weight excluding hydrogens is 273 g/mol. The highest BCUT2D eigenvalue weighted by Gasteiger charge is 2.15. The summed E-state index contributed by atoms with van der Waals surface area (Å²) in [6.45, 7) is 4.97. The maximum Gasteiger partial charge on any atom is 0.129 e. The highest BCUT2D eigenvalue weighted by atomic mass is 32.1. The van der Waals surface area contributed by atoms with Crippen LogP contribution in [0, 0.1) is 12.7 Å². The molecule has 0 saturated heterocycles. The van der Waals surface area contributed by atoms with Crippen LogP contribution < -0.4 is 10.1 Å². The van der Waals surface area contributed by atoms with Gasteiger partial charge in [-0.25, -0.2) is 4.39 Å². The lowest BCUT2D eigenvalue weighted by atomic mass is 10.00. The van der Waals surface area contributed by atoms with E-state index in [1.54, 1.807) is 24.5 Å². The third kappa shape index (κ3) is 3.58. The minimum atomic E-state index is -0.176. The van der Waals surface area contributed by atoms with Gasteiger partial charge in [0.25, 0.3) is 0 Å². The van der Waals surface area contributed by atoms with Crippen molar-refractivity contribution in [3.05, 3.63) is 51.5 Å². The monoisotopic (exact) mass is 293 g/mol. The Morgan fingerprint density at radius 1 is 1.35 bits per heavy atom. The molecule has 1 aromatic heterocycles. The Balaban J connectivity index is 2.22. The van der Waals surface area contributed by atoms with Gasteiger partial charge in [-0.15, -0.1) is 11.3 Å². The van der Waals surface area contributed by atoms with Crippen molar-refractivity contribution in [3.8, 4) is 5.75 Å². The van der Waals surface area contributed by atoms with E-state index in [0.717, 1.165) is 29.8 Å². The molecule has 2 nitrogen and oxygen atoms in total. The normalized spacial score (nSPS) is 12.4. The van der Waals surface area contributed by atoms with Crippen LogP contribution in [0.25, 0.3) is 0 Å². The third-order valence-corrected chi connectivity index (χ3v) is 4.39. The first kappa shape index (κ1) is 15.0. The standard InChI is InChI=1S/C16H20FNOS/c1-4-18-15(16-9-14(19-3)10-20-16)8-12-7-13(17)6-5-11(12)2/h5-7,9-10,15,18H,4,8H2,1-3H3. The zero-order chi connectivity index (χ0) is 14.5. The van der Waals surface area contributed by atoms with Gasteiger partial charge in [-0.05, 0) is 49.2 Å². The van der Waals surface area contributed by atoms with Gasteiger partial charge in [0, 0.05) is 16.3 Å². The van der Waals surface area contributed by atoms with Crippen molar-refractivity contribution >= 4 is 11.3 Å². The Morgan fingerprint density at radius 3 is 2.80 bits per heavy atom. The first-order chi connectivity index (χ1) is 9.63. The largest absolute Gasteiger partial charge is 0.496 e. The summed E-state index contributed by atoms with van der Waals surface area (Å²) in [6.07, 6.45) is 0.779. The van der Waals surface area contributed by atoms with Crippen LogP contribution >= 0.6 is 11.3 Å². The predicted molar refractivity (Wildman–Crippen MR) is 82.1 cm³/mol. The van der Waals surface area contributed by atoms with Crippen LogP contribution in [-0.4, -0.2) is 13.7 Å². The Bertz CT molecular complexity index is 567. The molecule has 0 aliphatic carbocycles. The number of halogens is 1. The van der Waals surface area contributed by atoms with Crippen molar-refractivity contribution in [3.63, 3.8) is 0 Å². The van der Waals surface area contributed by atoms with Crippen LogP contribution in [0.15, 0.2) is 29.6 Å². The molecule has 4 heteroatoms. The number of rotatable bonds is 6. The van der Waals surface area contributed by atoms with E-state index in [-0.39, 0.29) is 11.9 Å². The SMILES string of the molecule is CCNC(Cc1cc(F)ccc1C)c1cc(OC)cs1. The number of benzene rings is 1. The number of ether oxygens (including phenoxy) is 1. The highest BCUT2D eigenvalue weighted by molar-refractivity contribution is 7.10. The number of nitrogens with one attached hydrogen (secondary N) is 1. The number of methoxy groups -OCH3 is 1. The van der Waals surface area contributed by atoms with Gasteiger partial charge in [0.1, 0.15) is 11.6 Å². The van der Waals surface area contributed by atoms with Gasteiger partial charge in [-0.1, -0.05) is 13.0 Å². The summed E-state index contributed by atoms with van der Waals surface area (Å²) in [5.41, 5.74) is 2.17. The van der Waals surface area contributed by atoms with Crippen LogP contribution in [-0.2, 0) is 6.42 Å². The fourth-order valence-corrected chi connectivity index (χ4v) is 3.16. The number of aryl methyl sites for hydroxylation is 1. The van der Waals surface area contributed by atoms with Crippen LogP contribution in [0.1, 0.15) is 29.0 Å². The zero-order valence-electron chi connectivity index (χ0n) is 12.1. The van der Waals surface area contributed by atoms with Gasteiger partial charge in [0.15, 0.2) is 0 Å². The van der Waals surface area contributed by atoms with E-state index in [1.165, 1.54) is 10.9 Å². The fraction of sp³-hybridized carbons (Fsp3) is 0.375. The first-order valence-electron chi connectivity index (χ1n) is 6.75. The van der Waals surface area contributed by atoms with Crippen molar-refractivity contribution in [2.45, 2.75) is 26.3 Å². The molecule has 0 amide bonds. The smallest absolute Gasteiger partial charge is 0.129 e. The molecule has 1 aromatic carbocycles. The van der Waals surface area contributed by atoms with Gasteiger partial charge >= 0.3 is 0 Å². The Labute approximate surface area is 123 Å². The lowest BCUT2D eigenvalue weighted by Gasteiger charge is -2.17. The van der Waals surface area contributed by atoms with E-state index in [0.29, 0.717) is 0 Å². The van der Waals surface area contributed by atoms with Crippen molar-refractivity contribution in [1.82, 2.24) is 5.32 Å². The molecule has 2 rings (SSSR count). The predicted octanol–water partition coefficient (Wildman–Crippen LogP) is 4.10. The summed E-state index contributed by atoms with van der Waals surface area (Å²) < 4.78 is 18.6. The lowest BCUT2D eigenvalue weighted by molar-refractivity contribution is 0.415. The van der Waals surface area contributed by atoms with Crippen molar-refractivity contribution in [1.29, 1.82) is 0 Å². The van der Waals surface area contributed by atoms with E-state index in [9.17, 15) is 4.39 Å². The average molecular weight is 293 g/mol. The quantitative estimate of drug-likeness (QED) is 0.866. The molecule has 2 aromatic rings. The molecular formula is C16H20FNOS. The second kappa shape index (κ2) is 6.86. The summed E-state index contributed by atoms with van der Waals surface area (Å²) in [6, 6.07) is 7.21. The Hall–Kier alpha value is -1.39. The van der Waals surface area contributed by atoms with Crippen LogP contribution in [0.5, 0.6) is 5.75 Å². The summed E-state index contributed by atoms with van der Waals surface area (Å²) in [5, 5.41) is 5.46. The number of thiophene rings is 1. The van der Waals surface area contributed by atoms with E-state index < -0.39 is 0 Å². The van der Waals surface area contributed by atoms with Gasteiger partial charge in [-0.2, -0.15) is 0 Å². The Kier molecular flexibility index (Phi) is 5.15. The van der Waals surface area contributed by atoms with Crippen LogP contribution in [0.2, 0.25) is 0 Å². The maximum absolute atomic E-state index is 13.4. The van der Waals surface area contributed by atoms with Crippen molar-refractivity contribution < 1.29 is 9.13 Å². The van der Waals surface area contributed by atoms with E-state index in [4.69, 9.17) is 4.74 Å². The molecule has 1 N–H and O–H groups in total. The second-order valence-electron chi connectivity index (χ2n) is 4.77. The number of hydrogen-bond donors (Lipinski definition) is 1. The molecule has 1 atom stereocenters. The molecule has 1 unspecified atom stereocenters. The summed E-state index contributed by atoms with van der Waals surface area (Å²) in [7, 11) is 1.67. The van der Waals surface area contributed by atoms with Crippen molar-refractivity contribution in [2.75, 3.05) is 13.7 Å².